The van der Waals surface area contributed by atoms with Crippen LogP contribution in [0.3, 0.4) is 0 Å². The second-order valence-electron chi connectivity index (χ2n) is 4.40. The molecule has 1 aromatic heterocycles. The van der Waals surface area contributed by atoms with Crippen LogP contribution in [-0.4, -0.2) is 9.78 Å². The number of aromatic nitrogens is 2. The molecule has 2 aromatic rings. The third-order valence-corrected chi connectivity index (χ3v) is 2.92. The highest BCUT2D eigenvalue weighted by atomic mass is 16.1. The molecule has 0 N–H and O–H groups in total. The fourth-order valence-corrected chi connectivity index (χ4v) is 1.91. The molecule has 3 nitrogen and oxygen atoms in total. The number of aryl methyl sites for hydroxylation is 3. The molecule has 17 heavy (non-hydrogen) atoms. The fraction of sp³-hybridized carbons (Fsp3) is 0.286. The zero-order valence-corrected chi connectivity index (χ0v) is 10.4. The summed E-state index contributed by atoms with van der Waals surface area (Å²) >= 11 is 0. The molecule has 3 heteroatoms. The van der Waals surface area contributed by atoms with Gasteiger partial charge in [0.25, 0.3) is 5.56 Å². The van der Waals surface area contributed by atoms with E-state index >= 15 is 0 Å². The first kappa shape index (κ1) is 11.6. The van der Waals surface area contributed by atoms with E-state index < -0.39 is 0 Å². The first-order valence-corrected chi connectivity index (χ1v) is 5.65. The van der Waals surface area contributed by atoms with Crippen molar-refractivity contribution in [2.24, 2.45) is 7.05 Å². The van der Waals surface area contributed by atoms with Crippen molar-refractivity contribution < 1.29 is 0 Å². The maximum atomic E-state index is 12.0. The van der Waals surface area contributed by atoms with Gasteiger partial charge in [-0.25, -0.2) is 4.68 Å². The van der Waals surface area contributed by atoms with Crippen LogP contribution >= 0.6 is 0 Å². The minimum absolute atomic E-state index is 0.00786. The second-order valence-corrected chi connectivity index (χ2v) is 4.40. The molecule has 1 aromatic carbocycles. The van der Waals surface area contributed by atoms with Crippen molar-refractivity contribution in [1.82, 2.24) is 9.78 Å². The highest BCUT2D eigenvalue weighted by molar-refractivity contribution is 5.30. The summed E-state index contributed by atoms with van der Waals surface area (Å²) in [5, 5.41) is 4.00. The molecule has 0 aliphatic heterocycles. The van der Waals surface area contributed by atoms with Gasteiger partial charge in [0.15, 0.2) is 0 Å². The first-order chi connectivity index (χ1) is 8.08. The Bertz CT molecular complexity index is 599. The number of rotatable bonds is 2. The number of hydrogen-bond donors (Lipinski definition) is 0. The summed E-state index contributed by atoms with van der Waals surface area (Å²) in [6.07, 6.45) is 2.41. The summed E-state index contributed by atoms with van der Waals surface area (Å²) in [5.74, 6) is 0. The topological polar surface area (TPSA) is 34.9 Å². The van der Waals surface area contributed by atoms with Crippen LogP contribution in [0.25, 0.3) is 0 Å². The van der Waals surface area contributed by atoms with Gasteiger partial charge in [-0.3, -0.25) is 4.79 Å². The lowest BCUT2D eigenvalue weighted by atomic mass is 10.0. The second kappa shape index (κ2) is 4.53. The summed E-state index contributed by atoms with van der Waals surface area (Å²) in [6, 6.07) is 8.23. The van der Waals surface area contributed by atoms with Crippen LogP contribution in [0.4, 0.5) is 0 Å². The summed E-state index contributed by atoms with van der Waals surface area (Å²) < 4.78 is 1.39. The average Bonchev–Trinajstić information content (AvgIpc) is 2.30. The van der Waals surface area contributed by atoms with Gasteiger partial charge in [-0.05, 0) is 25.0 Å². The molecule has 0 atom stereocenters. The molecule has 0 bridgehead atoms. The zero-order valence-electron chi connectivity index (χ0n) is 10.4. The van der Waals surface area contributed by atoms with Crippen molar-refractivity contribution >= 4 is 0 Å². The lowest BCUT2D eigenvalue weighted by molar-refractivity contribution is 0.691. The molecule has 0 spiro atoms. The molecule has 0 fully saturated rings. The van der Waals surface area contributed by atoms with Gasteiger partial charge in [-0.15, -0.1) is 0 Å². The maximum Gasteiger partial charge on any atom is 0.270 e. The lowest BCUT2D eigenvalue weighted by Gasteiger charge is -2.07. The Morgan fingerprint density at radius 1 is 1.29 bits per heavy atom. The fourth-order valence-electron chi connectivity index (χ4n) is 1.91. The van der Waals surface area contributed by atoms with Crippen LogP contribution in [0.15, 0.2) is 35.3 Å². The Hall–Kier alpha value is -1.90. The van der Waals surface area contributed by atoms with E-state index in [1.165, 1.54) is 10.2 Å². The number of benzene rings is 1. The Morgan fingerprint density at radius 3 is 2.76 bits per heavy atom. The summed E-state index contributed by atoms with van der Waals surface area (Å²) in [4.78, 5) is 12.0. The van der Waals surface area contributed by atoms with Crippen LogP contribution in [-0.2, 0) is 13.5 Å². The number of hydrogen-bond acceptors (Lipinski definition) is 2. The van der Waals surface area contributed by atoms with Gasteiger partial charge < -0.3 is 0 Å². The monoisotopic (exact) mass is 228 g/mol. The smallest absolute Gasteiger partial charge is 0.267 e. The van der Waals surface area contributed by atoms with Crippen molar-refractivity contribution in [3.05, 3.63) is 63.1 Å². The van der Waals surface area contributed by atoms with Crippen molar-refractivity contribution in [3.8, 4) is 0 Å². The normalized spacial score (nSPS) is 10.5. The summed E-state index contributed by atoms with van der Waals surface area (Å²) in [5.41, 5.74) is 4.15. The van der Waals surface area contributed by atoms with E-state index in [2.05, 4.69) is 24.2 Å². The Balaban J connectivity index is 2.43. The van der Waals surface area contributed by atoms with Gasteiger partial charge in [-0.2, -0.15) is 5.10 Å². The van der Waals surface area contributed by atoms with Crippen LogP contribution < -0.4 is 5.56 Å². The Morgan fingerprint density at radius 2 is 2.06 bits per heavy atom. The van der Waals surface area contributed by atoms with Gasteiger partial charge in [0.05, 0.1) is 6.20 Å². The zero-order chi connectivity index (χ0) is 12.4. The lowest BCUT2D eigenvalue weighted by Crippen LogP contribution is -2.24. The number of nitrogens with zero attached hydrogens (tertiary/aromatic N) is 2. The van der Waals surface area contributed by atoms with Gasteiger partial charge in [0.2, 0.25) is 0 Å². The summed E-state index contributed by atoms with van der Waals surface area (Å²) in [7, 11) is 1.68. The predicted molar refractivity (Wildman–Crippen MR) is 68.2 cm³/mol. The molecule has 0 aliphatic carbocycles. The van der Waals surface area contributed by atoms with E-state index in [1.54, 1.807) is 13.2 Å². The van der Waals surface area contributed by atoms with E-state index in [0.29, 0.717) is 6.42 Å². The Kier molecular flexibility index (Phi) is 3.09. The van der Waals surface area contributed by atoms with E-state index in [0.717, 1.165) is 16.7 Å². The van der Waals surface area contributed by atoms with Crippen LogP contribution in [0.1, 0.15) is 22.3 Å². The van der Waals surface area contributed by atoms with Gasteiger partial charge in [-0.1, -0.05) is 29.8 Å². The van der Waals surface area contributed by atoms with Crippen LogP contribution in [0, 0.1) is 13.8 Å². The molecule has 0 unspecified atom stereocenters. The predicted octanol–water partition coefficient (Wildman–Crippen LogP) is 1.99. The standard InChI is InChI=1S/C14H16N2O/c1-10-5-4-6-12(7-10)8-13-11(2)9-15-16(3)14(13)17/h4-7,9H,8H2,1-3H3. The summed E-state index contributed by atoms with van der Waals surface area (Å²) in [6.45, 7) is 3.99. The maximum absolute atomic E-state index is 12.0. The molecule has 2 rings (SSSR count). The SMILES string of the molecule is Cc1cccc(Cc2c(C)cnn(C)c2=O)c1. The molecular formula is C14H16N2O. The van der Waals surface area contributed by atoms with Crippen LogP contribution in [0.5, 0.6) is 0 Å². The molecule has 0 radical (unpaired) electrons. The molecule has 0 saturated heterocycles. The van der Waals surface area contributed by atoms with Crippen LogP contribution in [0.2, 0.25) is 0 Å². The molecule has 1 heterocycles. The van der Waals surface area contributed by atoms with Gasteiger partial charge in [0.1, 0.15) is 0 Å². The highest BCUT2D eigenvalue weighted by Gasteiger charge is 2.07. The minimum atomic E-state index is -0.00786. The molecule has 0 aliphatic rings. The average molecular weight is 228 g/mol. The van der Waals surface area contributed by atoms with E-state index in [9.17, 15) is 4.79 Å². The van der Waals surface area contributed by atoms with Gasteiger partial charge in [0, 0.05) is 19.0 Å². The van der Waals surface area contributed by atoms with Crippen molar-refractivity contribution in [1.29, 1.82) is 0 Å². The largest absolute Gasteiger partial charge is 0.270 e. The van der Waals surface area contributed by atoms with Crippen molar-refractivity contribution in [2.75, 3.05) is 0 Å². The third-order valence-electron chi connectivity index (χ3n) is 2.92. The van der Waals surface area contributed by atoms with Crippen molar-refractivity contribution in [3.63, 3.8) is 0 Å². The van der Waals surface area contributed by atoms with Gasteiger partial charge >= 0.3 is 0 Å². The molecule has 88 valence electrons. The molecular weight excluding hydrogens is 212 g/mol. The minimum Gasteiger partial charge on any atom is -0.267 e. The van der Waals surface area contributed by atoms with E-state index in [4.69, 9.17) is 0 Å². The van der Waals surface area contributed by atoms with E-state index in [-0.39, 0.29) is 5.56 Å². The Labute approximate surface area is 101 Å². The van der Waals surface area contributed by atoms with Crippen molar-refractivity contribution in [2.45, 2.75) is 20.3 Å². The first-order valence-electron chi connectivity index (χ1n) is 5.65. The molecule has 0 saturated carbocycles. The quantitative estimate of drug-likeness (QED) is 0.788. The highest BCUT2D eigenvalue weighted by Crippen LogP contribution is 2.10. The molecule has 0 amide bonds. The third kappa shape index (κ3) is 2.44. The van der Waals surface area contributed by atoms with E-state index in [1.807, 2.05) is 19.1 Å².